The van der Waals surface area contributed by atoms with E-state index in [-0.39, 0.29) is 6.42 Å². The van der Waals surface area contributed by atoms with E-state index < -0.39 is 24.2 Å². The van der Waals surface area contributed by atoms with Gasteiger partial charge in [0, 0.05) is 12.6 Å². The summed E-state index contributed by atoms with van der Waals surface area (Å²) in [5.41, 5.74) is 0.330. The predicted octanol–water partition coefficient (Wildman–Crippen LogP) is 2.95. The minimum absolute atomic E-state index is 0.0822. The summed E-state index contributed by atoms with van der Waals surface area (Å²) in [6, 6.07) is -0.499. The van der Waals surface area contributed by atoms with Crippen molar-refractivity contribution >= 4 is 0 Å². The van der Waals surface area contributed by atoms with Crippen molar-refractivity contribution in [2.45, 2.75) is 63.3 Å². The molecule has 1 heterocycles. The summed E-state index contributed by atoms with van der Waals surface area (Å²) in [4.78, 5) is 2.04. The van der Waals surface area contributed by atoms with Gasteiger partial charge in [-0.15, -0.1) is 0 Å². The second kappa shape index (κ2) is 4.62. The van der Waals surface area contributed by atoms with Gasteiger partial charge in [-0.2, -0.15) is 13.2 Å². The highest BCUT2D eigenvalue weighted by Gasteiger charge is 2.52. The monoisotopic (exact) mass is 277 g/mol. The first kappa shape index (κ1) is 13.7. The first-order valence-electron chi connectivity index (χ1n) is 7.39. The average Bonchev–Trinajstić information content (AvgIpc) is 3.07. The van der Waals surface area contributed by atoms with Gasteiger partial charge in [0.05, 0.1) is 12.0 Å². The van der Waals surface area contributed by atoms with Crippen LogP contribution < -0.4 is 0 Å². The van der Waals surface area contributed by atoms with Crippen LogP contribution in [-0.2, 0) is 0 Å². The molecule has 2 nitrogen and oxygen atoms in total. The van der Waals surface area contributed by atoms with Gasteiger partial charge in [-0.25, -0.2) is 0 Å². The Bertz CT molecular complexity index is 340. The van der Waals surface area contributed by atoms with E-state index >= 15 is 0 Å². The van der Waals surface area contributed by atoms with Crippen LogP contribution >= 0.6 is 0 Å². The molecule has 3 unspecified atom stereocenters. The molecule has 0 aromatic carbocycles. The van der Waals surface area contributed by atoms with E-state index in [9.17, 15) is 18.3 Å². The minimum atomic E-state index is -4.13. The lowest BCUT2D eigenvalue weighted by atomic mass is 9.80. The van der Waals surface area contributed by atoms with Gasteiger partial charge in [0.1, 0.15) is 0 Å². The van der Waals surface area contributed by atoms with Crippen LogP contribution in [-0.4, -0.2) is 41.4 Å². The van der Waals surface area contributed by atoms with Gasteiger partial charge in [-0.05, 0) is 56.9 Å². The summed E-state index contributed by atoms with van der Waals surface area (Å²) >= 11 is 0. The fraction of sp³-hybridized carbons (Fsp3) is 1.00. The molecule has 3 aliphatic rings. The van der Waals surface area contributed by atoms with Gasteiger partial charge in [-0.3, -0.25) is 4.90 Å². The van der Waals surface area contributed by atoms with E-state index in [1.54, 1.807) is 0 Å². The van der Waals surface area contributed by atoms with Crippen LogP contribution in [0.3, 0.4) is 0 Å². The number of alkyl halides is 3. The number of rotatable bonds is 1. The number of hydrogen-bond donors (Lipinski definition) is 1. The van der Waals surface area contributed by atoms with Gasteiger partial charge in [0.2, 0.25) is 0 Å². The summed E-state index contributed by atoms with van der Waals surface area (Å²) < 4.78 is 39.5. The molecule has 5 heteroatoms. The number of piperidine rings is 1. The molecule has 0 bridgehead atoms. The zero-order valence-electron chi connectivity index (χ0n) is 11.1. The fourth-order valence-electron chi connectivity index (χ4n) is 4.02. The largest absolute Gasteiger partial charge is 0.393 e. The number of aliphatic hydroxyl groups is 1. The molecule has 0 amide bonds. The molecule has 1 aliphatic heterocycles. The summed E-state index contributed by atoms with van der Waals surface area (Å²) in [5, 5.41) is 9.75. The van der Waals surface area contributed by atoms with Crippen molar-refractivity contribution in [3.05, 3.63) is 0 Å². The molecule has 3 fully saturated rings. The Morgan fingerprint density at radius 3 is 2.47 bits per heavy atom. The van der Waals surface area contributed by atoms with Crippen LogP contribution in [0.2, 0.25) is 0 Å². The van der Waals surface area contributed by atoms with Crippen LogP contribution in [0.25, 0.3) is 0 Å². The lowest BCUT2D eigenvalue weighted by Gasteiger charge is -2.45. The lowest BCUT2D eigenvalue weighted by molar-refractivity contribution is -0.207. The summed E-state index contributed by atoms with van der Waals surface area (Å²) in [6.45, 7) is 1.59. The van der Waals surface area contributed by atoms with E-state index in [0.29, 0.717) is 18.3 Å². The number of hydrogen-bond acceptors (Lipinski definition) is 2. The fourth-order valence-corrected chi connectivity index (χ4v) is 4.02. The van der Waals surface area contributed by atoms with Crippen molar-refractivity contribution in [2.24, 2.45) is 11.3 Å². The Labute approximate surface area is 112 Å². The van der Waals surface area contributed by atoms with E-state index in [0.717, 1.165) is 19.5 Å². The minimum Gasteiger partial charge on any atom is -0.393 e. The molecule has 19 heavy (non-hydrogen) atoms. The van der Waals surface area contributed by atoms with Crippen molar-refractivity contribution in [2.75, 3.05) is 13.1 Å². The molecule has 2 aliphatic carbocycles. The van der Waals surface area contributed by atoms with Crippen LogP contribution in [0.1, 0.15) is 44.9 Å². The Morgan fingerprint density at radius 2 is 1.84 bits per heavy atom. The second-order valence-corrected chi connectivity index (χ2v) is 6.76. The highest BCUT2D eigenvalue weighted by atomic mass is 19.4. The van der Waals surface area contributed by atoms with Crippen LogP contribution in [0.15, 0.2) is 0 Å². The third kappa shape index (κ3) is 2.77. The van der Waals surface area contributed by atoms with Crippen molar-refractivity contribution in [1.82, 2.24) is 4.90 Å². The molecule has 3 atom stereocenters. The van der Waals surface area contributed by atoms with Crippen LogP contribution in [0.5, 0.6) is 0 Å². The standard InChI is InChI=1S/C14H22F3NO/c15-14(16,17)11-3-2-10(19)8-12(11)18-7-1-4-13(9-18)5-6-13/h10-12,19H,1-9H2. The highest BCUT2D eigenvalue weighted by molar-refractivity contribution is 5.01. The SMILES string of the molecule is OC1CCC(C(F)(F)F)C(N2CCCC3(CC3)C2)C1. The number of nitrogens with zero attached hydrogens (tertiary/aromatic N) is 1. The van der Waals surface area contributed by atoms with Crippen molar-refractivity contribution in [3.8, 4) is 0 Å². The van der Waals surface area contributed by atoms with Crippen molar-refractivity contribution < 1.29 is 18.3 Å². The third-order valence-electron chi connectivity index (χ3n) is 5.33. The number of halogens is 3. The number of likely N-dealkylation sites (tertiary alicyclic amines) is 1. The zero-order valence-corrected chi connectivity index (χ0v) is 11.1. The molecule has 0 aromatic heterocycles. The summed E-state index contributed by atoms with van der Waals surface area (Å²) in [5.74, 6) is -1.25. The van der Waals surface area contributed by atoms with Crippen molar-refractivity contribution in [1.29, 1.82) is 0 Å². The molecule has 1 N–H and O–H groups in total. The smallest absolute Gasteiger partial charge is 0.393 e. The second-order valence-electron chi connectivity index (χ2n) is 6.76. The van der Waals surface area contributed by atoms with E-state index in [4.69, 9.17) is 0 Å². The summed E-state index contributed by atoms with van der Waals surface area (Å²) in [6.07, 6.45) is 0.524. The maximum atomic E-state index is 13.2. The normalized spacial score (nSPS) is 39.5. The zero-order chi connectivity index (χ0) is 13.7. The Hall–Kier alpha value is -0.290. The molecule has 0 aromatic rings. The quantitative estimate of drug-likeness (QED) is 0.796. The van der Waals surface area contributed by atoms with Crippen LogP contribution in [0, 0.1) is 11.3 Å². The summed E-state index contributed by atoms with van der Waals surface area (Å²) in [7, 11) is 0. The Balaban J connectivity index is 1.74. The lowest BCUT2D eigenvalue weighted by Crippen LogP contribution is -2.53. The molecule has 0 radical (unpaired) electrons. The molecular weight excluding hydrogens is 255 g/mol. The Kier molecular flexibility index (Phi) is 3.33. The topological polar surface area (TPSA) is 23.5 Å². The maximum Gasteiger partial charge on any atom is 0.393 e. The van der Waals surface area contributed by atoms with Gasteiger partial charge in [0.25, 0.3) is 0 Å². The molecule has 1 saturated heterocycles. The third-order valence-corrected chi connectivity index (χ3v) is 5.33. The molecule has 3 rings (SSSR count). The Morgan fingerprint density at radius 1 is 1.11 bits per heavy atom. The van der Waals surface area contributed by atoms with Gasteiger partial charge in [-0.1, -0.05) is 0 Å². The van der Waals surface area contributed by atoms with E-state index in [1.807, 2.05) is 4.90 Å². The average molecular weight is 277 g/mol. The first-order chi connectivity index (χ1) is 8.90. The molecule has 110 valence electrons. The maximum absolute atomic E-state index is 13.2. The van der Waals surface area contributed by atoms with E-state index in [1.165, 1.54) is 19.3 Å². The van der Waals surface area contributed by atoms with Gasteiger partial charge in [0.15, 0.2) is 0 Å². The predicted molar refractivity (Wildman–Crippen MR) is 65.7 cm³/mol. The first-order valence-corrected chi connectivity index (χ1v) is 7.39. The van der Waals surface area contributed by atoms with E-state index in [2.05, 4.69) is 0 Å². The van der Waals surface area contributed by atoms with Gasteiger partial charge < -0.3 is 5.11 Å². The number of aliphatic hydroxyl groups excluding tert-OH is 1. The molecular formula is C14H22F3NO. The van der Waals surface area contributed by atoms with Crippen LogP contribution in [0.4, 0.5) is 13.2 Å². The van der Waals surface area contributed by atoms with Gasteiger partial charge >= 0.3 is 6.18 Å². The van der Waals surface area contributed by atoms with Crippen molar-refractivity contribution in [3.63, 3.8) is 0 Å². The highest BCUT2D eigenvalue weighted by Crippen LogP contribution is 2.53. The molecule has 2 saturated carbocycles. The molecule has 1 spiro atoms.